The molecule has 116 valence electrons. The number of rotatable bonds is 2. The molecule has 0 aliphatic heterocycles. The van der Waals surface area contributed by atoms with Gasteiger partial charge in [0.05, 0.1) is 10.9 Å². The number of nitrogens with one attached hydrogen (secondary N) is 1. The van der Waals surface area contributed by atoms with E-state index in [0.29, 0.717) is 21.7 Å². The lowest BCUT2D eigenvalue weighted by Gasteiger charge is -2.07. The van der Waals surface area contributed by atoms with E-state index >= 15 is 0 Å². The van der Waals surface area contributed by atoms with Gasteiger partial charge in [0, 0.05) is 10.6 Å². The van der Waals surface area contributed by atoms with Crippen LogP contribution < -0.4 is 5.56 Å². The van der Waals surface area contributed by atoms with Crippen LogP contribution in [0.4, 0.5) is 0 Å². The van der Waals surface area contributed by atoms with Crippen LogP contribution in [0.1, 0.15) is 0 Å². The van der Waals surface area contributed by atoms with Crippen LogP contribution in [0, 0.1) is 0 Å². The number of benzene rings is 3. The minimum Gasteiger partial charge on any atom is -0.306 e. The molecule has 0 amide bonds. The summed E-state index contributed by atoms with van der Waals surface area (Å²) in [7, 11) is 0. The summed E-state index contributed by atoms with van der Waals surface area (Å²) >= 11 is 6.08. The zero-order valence-corrected chi connectivity index (χ0v) is 13.4. The van der Waals surface area contributed by atoms with E-state index in [1.165, 1.54) is 0 Å². The Kier molecular flexibility index (Phi) is 3.63. The molecule has 0 spiro atoms. The minimum atomic E-state index is -0.135. The number of aromatic nitrogens is 2. The molecule has 4 heteroatoms. The molecular formula is C20H13ClN2O. The minimum absolute atomic E-state index is 0.135. The number of fused-ring (bicyclic) bond motifs is 1. The second-order valence-corrected chi connectivity index (χ2v) is 5.96. The van der Waals surface area contributed by atoms with Crippen molar-refractivity contribution >= 4 is 22.5 Å². The smallest absolute Gasteiger partial charge is 0.259 e. The van der Waals surface area contributed by atoms with Crippen LogP contribution in [0.15, 0.2) is 77.6 Å². The first kappa shape index (κ1) is 14.7. The van der Waals surface area contributed by atoms with E-state index in [2.05, 4.69) is 9.97 Å². The molecule has 0 unspecified atom stereocenters. The van der Waals surface area contributed by atoms with Gasteiger partial charge in [0.15, 0.2) is 0 Å². The number of H-pyrrole nitrogens is 1. The van der Waals surface area contributed by atoms with E-state index in [4.69, 9.17) is 11.6 Å². The molecule has 0 saturated heterocycles. The number of halogens is 1. The zero-order valence-electron chi connectivity index (χ0n) is 12.7. The summed E-state index contributed by atoms with van der Waals surface area (Å²) in [5.41, 5.74) is 3.45. The predicted octanol–water partition coefficient (Wildman–Crippen LogP) is 4.91. The second kappa shape index (κ2) is 5.95. The highest BCUT2D eigenvalue weighted by atomic mass is 35.5. The molecule has 0 aliphatic rings. The first-order valence-corrected chi connectivity index (χ1v) is 7.94. The molecule has 4 rings (SSSR count). The quantitative estimate of drug-likeness (QED) is 0.567. The molecule has 1 heterocycles. The summed E-state index contributed by atoms with van der Waals surface area (Å²) in [5, 5.41) is 1.28. The third-order valence-corrected chi connectivity index (χ3v) is 4.14. The fourth-order valence-corrected chi connectivity index (χ4v) is 2.93. The van der Waals surface area contributed by atoms with Gasteiger partial charge in [-0.3, -0.25) is 4.79 Å². The Morgan fingerprint density at radius 2 is 1.50 bits per heavy atom. The third-order valence-electron chi connectivity index (χ3n) is 3.91. The van der Waals surface area contributed by atoms with E-state index in [1.807, 2.05) is 66.7 Å². The van der Waals surface area contributed by atoms with Crippen molar-refractivity contribution in [1.82, 2.24) is 9.97 Å². The number of hydrogen-bond donors (Lipinski definition) is 1. The number of aromatic amines is 1. The summed E-state index contributed by atoms with van der Waals surface area (Å²) in [6.45, 7) is 0. The molecular weight excluding hydrogens is 320 g/mol. The number of hydrogen-bond acceptors (Lipinski definition) is 2. The lowest BCUT2D eigenvalue weighted by atomic mass is 10.0. The molecule has 0 saturated carbocycles. The van der Waals surface area contributed by atoms with E-state index in [1.54, 1.807) is 6.07 Å². The van der Waals surface area contributed by atoms with Gasteiger partial charge >= 0.3 is 0 Å². The van der Waals surface area contributed by atoms with Crippen molar-refractivity contribution in [2.45, 2.75) is 0 Å². The molecule has 0 aliphatic carbocycles. The van der Waals surface area contributed by atoms with Crippen LogP contribution in [0.2, 0.25) is 5.02 Å². The Balaban J connectivity index is 1.86. The summed E-state index contributed by atoms with van der Waals surface area (Å²) in [5.74, 6) is 0.558. The SMILES string of the molecule is O=c1[nH]c(-c2cccc(-c3cccc(Cl)c3)c2)nc2ccccc12. The lowest BCUT2D eigenvalue weighted by molar-refractivity contribution is 1.18. The summed E-state index contributed by atoms with van der Waals surface area (Å²) < 4.78 is 0. The Morgan fingerprint density at radius 3 is 2.33 bits per heavy atom. The van der Waals surface area contributed by atoms with Crippen molar-refractivity contribution in [2.75, 3.05) is 0 Å². The maximum Gasteiger partial charge on any atom is 0.259 e. The van der Waals surface area contributed by atoms with E-state index in [9.17, 15) is 4.79 Å². The van der Waals surface area contributed by atoms with Gasteiger partial charge < -0.3 is 4.98 Å². The maximum atomic E-state index is 12.3. The lowest BCUT2D eigenvalue weighted by Crippen LogP contribution is -2.09. The zero-order chi connectivity index (χ0) is 16.5. The van der Waals surface area contributed by atoms with Gasteiger partial charge in [-0.1, -0.05) is 54.1 Å². The van der Waals surface area contributed by atoms with Crippen LogP contribution in [0.5, 0.6) is 0 Å². The highest BCUT2D eigenvalue weighted by Gasteiger charge is 2.07. The van der Waals surface area contributed by atoms with Crippen LogP contribution in [-0.4, -0.2) is 9.97 Å². The first-order valence-electron chi connectivity index (χ1n) is 7.56. The van der Waals surface area contributed by atoms with Crippen LogP contribution >= 0.6 is 11.6 Å². The molecule has 0 bridgehead atoms. The number of para-hydroxylation sites is 1. The van der Waals surface area contributed by atoms with E-state index < -0.39 is 0 Å². The van der Waals surface area contributed by atoms with Crippen LogP contribution in [0.3, 0.4) is 0 Å². The molecule has 1 aromatic heterocycles. The number of nitrogens with zero attached hydrogens (tertiary/aromatic N) is 1. The standard InChI is InChI=1S/C20H13ClN2O/c21-16-8-4-6-14(12-16)13-5-3-7-15(11-13)19-22-18-10-2-1-9-17(18)20(24)23-19/h1-12H,(H,22,23,24). The monoisotopic (exact) mass is 332 g/mol. The molecule has 0 fully saturated rings. The Bertz CT molecular complexity index is 1100. The van der Waals surface area contributed by atoms with Crippen molar-refractivity contribution in [3.63, 3.8) is 0 Å². The Hall–Kier alpha value is -2.91. The van der Waals surface area contributed by atoms with Crippen molar-refractivity contribution in [3.8, 4) is 22.5 Å². The summed E-state index contributed by atoms with van der Waals surface area (Å²) in [6.07, 6.45) is 0. The van der Waals surface area contributed by atoms with E-state index in [-0.39, 0.29) is 5.56 Å². The predicted molar refractivity (Wildman–Crippen MR) is 98.2 cm³/mol. The van der Waals surface area contributed by atoms with Gasteiger partial charge in [-0.05, 0) is 41.5 Å². The molecule has 0 atom stereocenters. The average Bonchev–Trinajstić information content (AvgIpc) is 2.62. The highest BCUT2D eigenvalue weighted by Crippen LogP contribution is 2.26. The average molecular weight is 333 g/mol. The fraction of sp³-hybridized carbons (Fsp3) is 0. The van der Waals surface area contributed by atoms with Crippen molar-refractivity contribution < 1.29 is 0 Å². The third kappa shape index (κ3) is 2.70. The van der Waals surface area contributed by atoms with Crippen LogP contribution in [-0.2, 0) is 0 Å². The highest BCUT2D eigenvalue weighted by molar-refractivity contribution is 6.30. The Labute approximate surface area is 143 Å². The summed E-state index contributed by atoms with van der Waals surface area (Å²) in [4.78, 5) is 19.7. The first-order chi connectivity index (χ1) is 11.7. The van der Waals surface area contributed by atoms with Gasteiger partial charge in [0.2, 0.25) is 0 Å². The largest absolute Gasteiger partial charge is 0.306 e. The molecule has 4 aromatic rings. The summed E-state index contributed by atoms with van der Waals surface area (Å²) in [6, 6.07) is 22.9. The van der Waals surface area contributed by atoms with Gasteiger partial charge in [0.25, 0.3) is 5.56 Å². The van der Waals surface area contributed by atoms with Gasteiger partial charge in [-0.2, -0.15) is 0 Å². The van der Waals surface area contributed by atoms with Crippen molar-refractivity contribution in [3.05, 3.63) is 88.2 Å². The molecule has 24 heavy (non-hydrogen) atoms. The molecule has 1 N–H and O–H groups in total. The molecule has 3 nitrogen and oxygen atoms in total. The normalized spacial score (nSPS) is 10.9. The topological polar surface area (TPSA) is 45.8 Å². The van der Waals surface area contributed by atoms with Gasteiger partial charge in [0.1, 0.15) is 5.82 Å². The maximum absolute atomic E-state index is 12.3. The molecule has 3 aromatic carbocycles. The van der Waals surface area contributed by atoms with Gasteiger partial charge in [-0.15, -0.1) is 0 Å². The van der Waals surface area contributed by atoms with Crippen molar-refractivity contribution in [1.29, 1.82) is 0 Å². The van der Waals surface area contributed by atoms with Gasteiger partial charge in [-0.25, -0.2) is 4.98 Å². The second-order valence-electron chi connectivity index (χ2n) is 5.52. The fourth-order valence-electron chi connectivity index (χ4n) is 2.74. The van der Waals surface area contributed by atoms with Crippen LogP contribution in [0.25, 0.3) is 33.4 Å². The van der Waals surface area contributed by atoms with Crippen molar-refractivity contribution in [2.24, 2.45) is 0 Å². The van der Waals surface area contributed by atoms with E-state index in [0.717, 1.165) is 16.7 Å². The molecule has 0 radical (unpaired) electrons. The Morgan fingerprint density at radius 1 is 0.792 bits per heavy atom.